The summed E-state index contributed by atoms with van der Waals surface area (Å²) >= 11 is 0. The van der Waals surface area contributed by atoms with Crippen LogP contribution in [0.25, 0.3) is 6.08 Å². The van der Waals surface area contributed by atoms with E-state index in [1.807, 2.05) is 38.7 Å². The third kappa shape index (κ3) is 12.7. The van der Waals surface area contributed by atoms with Crippen molar-refractivity contribution in [3.05, 3.63) is 81.7 Å². The van der Waals surface area contributed by atoms with Crippen LogP contribution in [0.15, 0.2) is 42.6 Å². The topological polar surface area (TPSA) is 33.2 Å². The van der Waals surface area contributed by atoms with E-state index in [0.29, 0.717) is 18.8 Å². The van der Waals surface area contributed by atoms with Gasteiger partial charge in [0.05, 0.1) is 0 Å². The van der Waals surface area contributed by atoms with Crippen molar-refractivity contribution < 1.29 is 13.6 Å². The number of nitrogens with zero attached hydrogens (tertiary/aromatic N) is 2. The first-order chi connectivity index (χ1) is 18.9. The Hall–Kier alpha value is -2.66. The third-order valence-corrected chi connectivity index (χ3v) is 6.94. The number of hydrogen-bond acceptors (Lipinski definition) is 3. The van der Waals surface area contributed by atoms with E-state index in [-0.39, 0.29) is 18.1 Å². The van der Waals surface area contributed by atoms with E-state index in [1.165, 1.54) is 33.9 Å². The highest BCUT2D eigenvalue weighted by Gasteiger charge is 2.22. The summed E-state index contributed by atoms with van der Waals surface area (Å²) in [4.78, 5) is 17.9. The number of rotatable bonds is 12. The van der Waals surface area contributed by atoms with E-state index >= 15 is 0 Å². The molecule has 224 valence electrons. The van der Waals surface area contributed by atoms with Gasteiger partial charge in [-0.3, -0.25) is 9.78 Å². The van der Waals surface area contributed by atoms with Gasteiger partial charge in [0.2, 0.25) is 11.7 Å². The van der Waals surface area contributed by atoms with Crippen LogP contribution in [-0.4, -0.2) is 41.2 Å². The monoisotopic (exact) mass is 556 g/mol. The maximum atomic E-state index is 13.0. The zero-order valence-electron chi connectivity index (χ0n) is 27.0. The SMILES string of the molecule is C/C=C\C(=O)c1ccc(C(C)CN(CC)CCC(C)(F)F)cn1.C/C=C\c1c(C)c(C)cc(CC)c1CC.CC. The molecule has 0 N–H and O–H groups in total. The Morgan fingerprint density at radius 1 is 1.07 bits per heavy atom. The number of benzene rings is 1. The van der Waals surface area contributed by atoms with Gasteiger partial charge in [0.15, 0.2) is 0 Å². The summed E-state index contributed by atoms with van der Waals surface area (Å²) in [6, 6.07) is 5.95. The molecule has 0 spiro atoms. The lowest BCUT2D eigenvalue weighted by molar-refractivity contribution is 0.00324. The Bertz CT molecular complexity index is 1070. The van der Waals surface area contributed by atoms with E-state index in [4.69, 9.17) is 0 Å². The lowest BCUT2D eigenvalue weighted by Crippen LogP contribution is -2.31. The summed E-state index contributed by atoms with van der Waals surface area (Å²) < 4.78 is 26.0. The quantitative estimate of drug-likeness (QED) is 0.193. The van der Waals surface area contributed by atoms with Crippen molar-refractivity contribution in [1.82, 2.24) is 9.88 Å². The maximum absolute atomic E-state index is 13.0. The maximum Gasteiger partial charge on any atom is 0.246 e. The summed E-state index contributed by atoms with van der Waals surface area (Å²) in [5.74, 6) is -2.58. The normalized spacial score (nSPS) is 12.2. The minimum Gasteiger partial charge on any atom is -0.303 e. The largest absolute Gasteiger partial charge is 0.303 e. The molecule has 1 atom stereocenters. The molecule has 0 saturated carbocycles. The summed E-state index contributed by atoms with van der Waals surface area (Å²) in [5, 5.41) is 0. The van der Waals surface area contributed by atoms with E-state index in [0.717, 1.165) is 31.9 Å². The van der Waals surface area contributed by atoms with Gasteiger partial charge in [-0.05, 0) is 105 Å². The van der Waals surface area contributed by atoms with Crippen molar-refractivity contribution in [2.24, 2.45) is 0 Å². The van der Waals surface area contributed by atoms with Gasteiger partial charge in [-0.2, -0.15) is 0 Å². The molecule has 0 bridgehead atoms. The lowest BCUT2D eigenvalue weighted by atomic mass is 9.90. The van der Waals surface area contributed by atoms with E-state index in [2.05, 4.69) is 57.8 Å². The molecule has 3 nitrogen and oxygen atoms in total. The molecular weight excluding hydrogens is 502 g/mol. The van der Waals surface area contributed by atoms with Gasteiger partial charge in [-0.15, -0.1) is 0 Å². The summed E-state index contributed by atoms with van der Waals surface area (Å²) in [6.07, 6.45) is 11.4. The molecule has 0 aliphatic carbocycles. The molecule has 1 aromatic heterocycles. The van der Waals surface area contributed by atoms with Crippen LogP contribution in [0.3, 0.4) is 0 Å². The molecule has 1 heterocycles. The number of ketones is 1. The van der Waals surface area contributed by atoms with E-state index in [1.54, 1.807) is 25.3 Å². The number of aromatic nitrogens is 1. The lowest BCUT2D eigenvalue weighted by Gasteiger charge is -2.25. The Morgan fingerprint density at radius 3 is 2.17 bits per heavy atom. The van der Waals surface area contributed by atoms with Gasteiger partial charge in [0.1, 0.15) is 5.69 Å². The van der Waals surface area contributed by atoms with E-state index in [9.17, 15) is 13.6 Å². The Labute approximate surface area is 243 Å². The van der Waals surface area contributed by atoms with Crippen LogP contribution in [0.1, 0.15) is 119 Å². The zero-order chi connectivity index (χ0) is 30.9. The van der Waals surface area contributed by atoms with Crippen molar-refractivity contribution >= 4 is 11.9 Å². The molecule has 2 rings (SSSR count). The van der Waals surface area contributed by atoms with Crippen LogP contribution in [0.2, 0.25) is 0 Å². The standard InChI is InChI=1S/C18H26F2N2O.C15H22.C2H6/c1-5-7-17(23)16-9-8-15(12-21-16)14(3)13-22(6-2)11-10-18(4,19)20;1-6-9-15-12(5)11(4)10-13(7-2)14(15)8-3;1-2/h5,7-9,12,14H,6,10-11,13H2,1-4H3;6,9-10H,7-8H2,1-5H3;1-2H3/b7-5-;9-6-;. The molecule has 2 aromatic rings. The highest BCUT2D eigenvalue weighted by molar-refractivity contribution is 6.02. The molecule has 0 radical (unpaired) electrons. The number of aryl methyl sites for hydroxylation is 2. The smallest absolute Gasteiger partial charge is 0.246 e. The number of alkyl halides is 2. The van der Waals surface area contributed by atoms with Crippen LogP contribution >= 0.6 is 0 Å². The number of hydrogen-bond donors (Lipinski definition) is 0. The van der Waals surface area contributed by atoms with Gasteiger partial charge in [0.25, 0.3) is 0 Å². The van der Waals surface area contributed by atoms with Gasteiger partial charge in [0, 0.05) is 25.7 Å². The number of likely N-dealkylation sites (N-methyl/N-ethyl adjacent to an activating group) is 1. The Balaban J connectivity index is 0.000000772. The first-order valence-corrected chi connectivity index (χ1v) is 14.9. The van der Waals surface area contributed by atoms with Crippen LogP contribution in [0.5, 0.6) is 0 Å². The number of allylic oxidation sites excluding steroid dienone is 3. The van der Waals surface area contributed by atoms with Crippen molar-refractivity contribution in [2.75, 3.05) is 19.6 Å². The van der Waals surface area contributed by atoms with Crippen LogP contribution < -0.4 is 0 Å². The Morgan fingerprint density at radius 2 is 1.73 bits per heavy atom. The van der Waals surface area contributed by atoms with Gasteiger partial charge < -0.3 is 4.90 Å². The molecule has 0 amide bonds. The fourth-order valence-electron chi connectivity index (χ4n) is 4.50. The minimum atomic E-state index is -2.63. The molecule has 5 heteroatoms. The second-order valence-corrected chi connectivity index (χ2v) is 10.0. The number of carbonyl (C=O) groups is 1. The molecule has 40 heavy (non-hydrogen) atoms. The average Bonchev–Trinajstić information content (AvgIpc) is 2.94. The minimum absolute atomic E-state index is 0.118. The van der Waals surface area contributed by atoms with Crippen molar-refractivity contribution in [1.29, 1.82) is 0 Å². The fourth-order valence-corrected chi connectivity index (χ4v) is 4.50. The molecule has 1 unspecified atom stereocenters. The van der Waals surface area contributed by atoms with Crippen LogP contribution in [0.4, 0.5) is 8.78 Å². The van der Waals surface area contributed by atoms with Crippen LogP contribution in [0, 0.1) is 13.8 Å². The van der Waals surface area contributed by atoms with Crippen molar-refractivity contribution in [3.8, 4) is 0 Å². The second-order valence-electron chi connectivity index (χ2n) is 10.0. The molecule has 1 aromatic carbocycles. The first kappa shape index (κ1) is 37.3. The molecule has 0 fully saturated rings. The van der Waals surface area contributed by atoms with Gasteiger partial charge in [-0.25, -0.2) is 8.78 Å². The number of halogens is 2. The second kappa shape index (κ2) is 19.4. The summed E-state index contributed by atoms with van der Waals surface area (Å²) in [5.41, 5.74) is 8.74. The summed E-state index contributed by atoms with van der Waals surface area (Å²) in [6.45, 7) is 23.5. The van der Waals surface area contributed by atoms with Crippen molar-refractivity contribution in [3.63, 3.8) is 0 Å². The fraction of sp³-hybridized carbons (Fsp3) is 0.543. The molecule has 0 aliphatic rings. The number of pyridine rings is 1. The van der Waals surface area contributed by atoms with E-state index < -0.39 is 5.92 Å². The van der Waals surface area contributed by atoms with Gasteiger partial charge in [-0.1, -0.05) is 71.9 Å². The molecule has 0 saturated heterocycles. The predicted octanol–water partition coefficient (Wildman–Crippen LogP) is 9.80. The first-order valence-electron chi connectivity index (χ1n) is 14.9. The highest BCUT2D eigenvalue weighted by Crippen LogP contribution is 2.25. The van der Waals surface area contributed by atoms with Crippen LogP contribution in [-0.2, 0) is 12.8 Å². The highest BCUT2D eigenvalue weighted by atomic mass is 19.3. The van der Waals surface area contributed by atoms with Gasteiger partial charge >= 0.3 is 0 Å². The third-order valence-electron chi connectivity index (χ3n) is 6.94. The predicted molar refractivity (Wildman–Crippen MR) is 170 cm³/mol. The summed E-state index contributed by atoms with van der Waals surface area (Å²) in [7, 11) is 0. The molecule has 0 aliphatic heterocycles. The Kier molecular flexibility index (Phi) is 18.1. The zero-order valence-corrected chi connectivity index (χ0v) is 27.0. The average molecular weight is 557 g/mol. The number of carbonyl (C=O) groups excluding carboxylic acids is 1. The van der Waals surface area contributed by atoms with Crippen molar-refractivity contribution in [2.45, 2.75) is 107 Å². The molecular formula is C35H54F2N2O.